The molecule has 0 heterocycles. The summed E-state index contributed by atoms with van der Waals surface area (Å²) < 4.78 is 0. The van der Waals surface area contributed by atoms with Gasteiger partial charge in [0.25, 0.3) is 0 Å². The number of halogens is 3. The van der Waals surface area contributed by atoms with Crippen molar-refractivity contribution in [3.8, 4) is 6.07 Å². The van der Waals surface area contributed by atoms with Crippen LogP contribution in [0.1, 0.15) is 10.9 Å². The molecule has 0 N–H and O–H groups in total. The van der Waals surface area contributed by atoms with E-state index in [4.69, 9.17) is 40.1 Å². The number of nitriles is 1. The first kappa shape index (κ1) is 10.7. The maximum atomic E-state index is 8.53. The van der Waals surface area contributed by atoms with E-state index in [1.807, 2.05) is 6.07 Å². The van der Waals surface area contributed by atoms with Crippen molar-refractivity contribution in [2.24, 2.45) is 0 Å². The van der Waals surface area contributed by atoms with Gasteiger partial charge < -0.3 is 0 Å². The molecule has 0 bridgehead atoms. The highest BCUT2D eigenvalue weighted by atomic mass is 35.5. The lowest BCUT2D eigenvalue weighted by atomic mass is 10.1. The molecule has 0 spiro atoms. The van der Waals surface area contributed by atoms with Gasteiger partial charge in [-0.3, -0.25) is 0 Å². The van der Waals surface area contributed by atoms with Crippen LogP contribution in [-0.2, 0) is 0 Å². The minimum absolute atomic E-state index is 0.496. The lowest BCUT2D eigenvalue weighted by Gasteiger charge is -2.09. The van der Waals surface area contributed by atoms with Crippen LogP contribution >= 0.6 is 34.8 Å². The number of alkyl halides is 2. The second-order valence-electron chi connectivity index (χ2n) is 2.48. The van der Waals surface area contributed by atoms with E-state index in [0.717, 1.165) is 5.56 Å². The average Bonchev–Trinajstić information content (AvgIpc) is 2.17. The van der Waals surface area contributed by atoms with Crippen LogP contribution < -0.4 is 0 Å². The molecule has 2 atom stereocenters. The zero-order valence-corrected chi connectivity index (χ0v) is 8.81. The van der Waals surface area contributed by atoms with Gasteiger partial charge in [-0.05, 0) is 17.7 Å². The molecule has 0 aliphatic rings. The first-order chi connectivity index (χ1) is 6.15. The second-order valence-corrected chi connectivity index (χ2v) is 3.86. The molecule has 1 nitrogen and oxygen atoms in total. The summed E-state index contributed by atoms with van der Waals surface area (Å²) in [4.78, 5) is 0. The van der Waals surface area contributed by atoms with E-state index in [1.165, 1.54) is 0 Å². The van der Waals surface area contributed by atoms with Gasteiger partial charge in [-0.2, -0.15) is 5.26 Å². The molecule has 0 aliphatic heterocycles. The maximum absolute atomic E-state index is 8.53. The van der Waals surface area contributed by atoms with Gasteiger partial charge >= 0.3 is 0 Å². The number of nitrogens with zero attached hydrogens (tertiary/aromatic N) is 1. The predicted molar refractivity (Wildman–Crippen MR) is 55.3 cm³/mol. The standard InChI is InChI=1S/C9H6Cl3N/c10-7-3-1-6(2-4-7)9(12)8(11)5-13/h1-4,8-9H. The molecule has 13 heavy (non-hydrogen) atoms. The van der Waals surface area contributed by atoms with Crippen molar-refractivity contribution in [2.75, 3.05) is 0 Å². The van der Waals surface area contributed by atoms with Crippen LogP contribution in [-0.4, -0.2) is 5.38 Å². The van der Waals surface area contributed by atoms with E-state index in [2.05, 4.69) is 0 Å². The van der Waals surface area contributed by atoms with Gasteiger partial charge in [0.1, 0.15) is 5.38 Å². The second kappa shape index (κ2) is 4.72. The van der Waals surface area contributed by atoms with Gasteiger partial charge in [0.2, 0.25) is 0 Å². The maximum Gasteiger partial charge on any atom is 0.140 e. The molecule has 0 radical (unpaired) electrons. The summed E-state index contributed by atoms with van der Waals surface area (Å²) in [7, 11) is 0. The average molecular weight is 235 g/mol. The van der Waals surface area contributed by atoms with Gasteiger partial charge in [-0.15, -0.1) is 23.2 Å². The molecule has 1 rings (SSSR count). The molecule has 4 heteroatoms. The molecule has 0 saturated carbocycles. The Labute approximate surface area is 91.8 Å². The Kier molecular flexibility index (Phi) is 3.87. The molecular weight excluding hydrogens is 228 g/mol. The normalized spacial score (nSPS) is 14.6. The van der Waals surface area contributed by atoms with Gasteiger partial charge in [-0.1, -0.05) is 23.7 Å². The molecule has 0 amide bonds. The van der Waals surface area contributed by atoms with E-state index >= 15 is 0 Å². The summed E-state index contributed by atoms with van der Waals surface area (Å²) in [6, 6.07) is 8.82. The van der Waals surface area contributed by atoms with Gasteiger partial charge in [0.15, 0.2) is 0 Å². The zero-order chi connectivity index (χ0) is 9.84. The van der Waals surface area contributed by atoms with Crippen molar-refractivity contribution >= 4 is 34.8 Å². The SMILES string of the molecule is N#CC(Cl)C(Cl)c1ccc(Cl)cc1. The number of rotatable bonds is 2. The molecule has 0 fully saturated rings. The van der Waals surface area contributed by atoms with Crippen molar-refractivity contribution in [2.45, 2.75) is 10.8 Å². The summed E-state index contributed by atoms with van der Waals surface area (Å²) in [5.74, 6) is 0. The van der Waals surface area contributed by atoms with Crippen molar-refractivity contribution in [1.29, 1.82) is 5.26 Å². The predicted octanol–water partition coefficient (Wildman–Crippen LogP) is 3.75. The van der Waals surface area contributed by atoms with E-state index in [9.17, 15) is 0 Å². The van der Waals surface area contributed by atoms with Gasteiger partial charge in [-0.25, -0.2) is 0 Å². The van der Waals surface area contributed by atoms with Crippen LogP contribution in [0.4, 0.5) is 0 Å². The molecule has 0 saturated heterocycles. The van der Waals surface area contributed by atoms with Crippen molar-refractivity contribution in [3.63, 3.8) is 0 Å². The van der Waals surface area contributed by atoms with Gasteiger partial charge in [0.05, 0.1) is 11.4 Å². The Morgan fingerprint density at radius 2 is 1.69 bits per heavy atom. The smallest absolute Gasteiger partial charge is 0.140 e. The Balaban J connectivity index is 2.84. The highest BCUT2D eigenvalue weighted by Gasteiger charge is 2.17. The lowest BCUT2D eigenvalue weighted by Crippen LogP contribution is -2.03. The van der Waals surface area contributed by atoms with Crippen LogP contribution in [0.5, 0.6) is 0 Å². The van der Waals surface area contributed by atoms with Crippen molar-refractivity contribution in [1.82, 2.24) is 0 Å². The van der Waals surface area contributed by atoms with Crippen LogP contribution in [0.3, 0.4) is 0 Å². The fourth-order valence-electron chi connectivity index (χ4n) is 0.881. The van der Waals surface area contributed by atoms with Crippen LogP contribution in [0.15, 0.2) is 24.3 Å². The highest BCUT2D eigenvalue weighted by molar-refractivity contribution is 6.31. The van der Waals surface area contributed by atoms with E-state index in [0.29, 0.717) is 5.02 Å². The van der Waals surface area contributed by atoms with Crippen molar-refractivity contribution < 1.29 is 0 Å². The molecule has 1 aromatic carbocycles. The molecule has 0 aromatic heterocycles. The summed E-state index contributed by atoms with van der Waals surface area (Å²) in [5, 5.41) is 7.95. The minimum atomic E-state index is -0.720. The van der Waals surface area contributed by atoms with E-state index in [1.54, 1.807) is 24.3 Å². The monoisotopic (exact) mass is 233 g/mol. The van der Waals surface area contributed by atoms with Gasteiger partial charge in [0, 0.05) is 5.02 Å². The largest absolute Gasteiger partial charge is 0.197 e. The lowest BCUT2D eigenvalue weighted by molar-refractivity contribution is 0.974. The first-order valence-electron chi connectivity index (χ1n) is 3.58. The Morgan fingerprint density at radius 3 is 2.15 bits per heavy atom. The quantitative estimate of drug-likeness (QED) is 0.715. The molecule has 68 valence electrons. The van der Waals surface area contributed by atoms with Crippen LogP contribution in [0, 0.1) is 11.3 Å². The third kappa shape index (κ3) is 2.77. The zero-order valence-electron chi connectivity index (χ0n) is 6.55. The number of hydrogen-bond acceptors (Lipinski definition) is 1. The van der Waals surface area contributed by atoms with Crippen LogP contribution in [0.25, 0.3) is 0 Å². The Bertz CT molecular complexity index is 315. The first-order valence-corrected chi connectivity index (χ1v) is 4.83. The highest BCUT2D eigenvalue weighted by Crippen LogP contribution is 2.28. The summed E-state index contributed by atoms with van der Waals surface area (Å²) in [5.41, 5.74) is 0.799. The van der Waals surface area contributed by atoms with Crippen LogP contribution in [0.2, 0.25) is 5.02 Å². The third-order valence-corrected chi connectivity index (χ3v) is 2.80. The Morgan fingerprint density at radius 1 is 1.15 bits per heavy atom. The topological polar surface area (TPSA) is 23.8 Å². The number of hydrogen-bond donors (Lipinski definition) is 0. The molecular formula is C9H6Cl3N. The summed E-state index contributed by atoms with van der Waals surface area (Å²) >= 11 is 17.3. The van der Waals surface area contributed by atoms with E-state index < -0.39 is 10.8 Å². The molecule has 1 aromatic rings. The number of benzene rings is 1. The Hall–Kier alpha value is -0.420. The molecule has 0 aliphatic carbocycles. The molecule has 2 unspecified atom stereocenters. The fourth-order valence-corrected chi connectivity index (χ4v) is 1.35. The summed E-state index contributed by atoms with van der Waals surface area (Å²) in [6.07, 6.45) is 0. The van der Waals surface area contributed by atoms with E-state index in [-0.39, 0.29) is 0 Å². The summed E-state index contributed by atoms with van der Waals surface area (Å²) in [6.45, 7) is 0. The van der Waals surface area contributed by atoms with Crippen molar-refractivity contribution in [3.05, 3.63) is 34.9 Å². The fraction of sp³-hybridized carbons (Fsp3) is 0.222. The minimum Gasteiger partial charge on any atom is -0.197 e. The third-order valence-electron chi connectivity index (χ3n) is 1.57.